The Labute approximate surface area is 86.5 Å². The van der Waals surface area contributed by atoms with Crippen LogP contribution in [0.2, 0.25) is 0 Å². The molecule has 2 N–H and O–H groups in total. The molecule has 0 aliphatic carbocycles. The van der Waals surface area contributed by atoms with Gasteiger partial charge in [0.05, 0.1) is 17.5 Å². The maximum absolute atomic E-state index is 10.8. The molecule has 5 nitrogen and oxygen atoms in total. The third kappa shape index (κ3) is 1.85. The van der Waals surface area contributed by atoms with Crippen LogP contribution in [0.5, 0.6) is 0 Å². The van der Waals surface area contributed by atoms with Crippen molar-refractivity contribution in [2.45, 2.75) is 0 Å². The fraction of sp³-hybridized carbons (Fsp3) is 0.100. The van der Waals surface area contributed by atoms with E-state index in [-0.39, 0.29) is 0 Å². The van der Waals surface area contributed by atoms with Gasteiger partial charge in [-0.2, -0.15) is 5.10 Å². The first-order valence-electron chi connectivity index (χ1n) is 4.41. The zero-order valence-corrected chi connectivity index (χ0v) is 8.21. The van der Waals surface area contributed by atoms with E-state index in [1.807, 2.05) is 13.2 Å². The van der Waals surface area contributed by atoms with Gasteiger partial charge in [0.15, 0.2) is 0 Å². The molecule has 0 fully saturated rings. The summed E-state index contributed by atoms with van der Waals surface area (Å²) in [6.07, 6.45) is 5.03. The Morgan fingerprint density at radius 2 is 2.20 bits per heavy atom. The quantitative estimate of drug-likeness (QED) is 0.774. The van der Waals surface area contributed by atoms with E-state index in [9.17, 15) is 4.79 Å². The van der Waals surface area contributed by atoms with Crippen molar-refractivity contribution in [3.63, 3.8) is 0 Å². The molecule has 15 heavy (non-hydrogen) atoms. The van der Waals surface area contributed by atoms with Crippen LogP contribution in [0.15, 0.2) is 30.7 Å². The number of hydrogen-bond donors (Lipinski definition) is 1. The summed E-state index contributed by atoms with van der Waals surface area (Å²) in [5.41, 5.74) is 7.20. The molecular formula is C10H10N4O. The van der Waals surface area contributed by atoms with E-state index in [0.717, 1.165) is 11.3 Å². The first kappa shape index (κ1) is 9.39. The molecule has 2 heterocycles. The normalized spacial score (nSPS) is 10.2. The monoisotopic (exact) mass is 202 g/mol. The molecular weight excluding hydrogens is 192 g/mol. The van der Waals surface area contributed by atoms with Crippen molar-refractivity contribution in [2.75, 3.05) is 0 Å². The summed E-state index contributed by atoms with van der Waals surface area (Å²) in [6, 6.07) is 3.40. The predicted molar refractivity (Wildman–Crippen MR) is 55.0 cm³/mol. The van der Waals surface area contributed by atoms with Gasteiger partial charge in [-0.1, -0.05) is 0 Å². The molecule has 0 aliphatic rings. The van der Waals surface area contributed by atoms with E-state index < -0.39 is 5.91 Å². The van der Waals surface area contributed by atoms with Crippen LogP contribution in [0, 0.1) is 0 Å². The van der Waals surface area contributed by atoms with Crippen molar-refractivity contribution in [2.24, 2.45) is 12.8 Å². The first-order chi connectivity index (χ1) is 7.16. The highest BCUT2D eigenvalue weighted by Crippen LogP contribution is 2.15. The van der Waals surface area contributed by atoms with Gasteiger partial charge in [-0.15, -0.1) is 0 Å². The number of aromatic nitrogens is 3. The molecule has 0 bridgehead atoms. The van der Waals surface area contributed by atoms with Crippen LogP contribution in [0.4, 0.5) is 0 Å². The molecule has 2 rings (SSSR count). The number of hydrogen-bond acceptors (Lipinski definition) is 3. The second-order valence-corrected chi connectivity index (χ2v) is 3.20. The van der Waals surface area contributed by atoms with E-state index in [1.54, 1.807) is 23.0 Å². The summed E-state index contributed by atoms with van der Waals surface area (Å²) in [4.78, 5) is 14.9. The third-order valence-corrected chi connectivity index (χ3v) is 2.05. The molecule has 0 atom stereocenters. The highest BCUT2D eigenvalue weighted by molar-refractivity contribution is 5.92. The zero-order valence-electron chi connectivity index (χ0n) is 8.21. The van der Waals surface area contributed by atoms with Crippen molar-refractivity contribution in [3.8, 4) is 11.3 Å². The van der Waals surface area contributed by atoms with Gasteiger partial charge in [0.2, 0.25) is 5.91 Å². The highest BCUT2D eigenvalue weighted by Gasteiger charge is 2.04. The summed E-state index contributed by atoms with van der Waals surface area (Å²) in [6.45, 7) is 0. The van der Waals surface area contributed by atoms with E-state index >= 15 is 0 Å². The Morgan fingerprint density at radius 1 is 1.40 bits per heavy atom. The summed E-state index contributed by atoms with van der Waals surface area (Å²) in [5, 5.41) is 4.04. The lowest BCUT2D eigenvalue weighted by Gasteiger charge is -1.97. The highest BCUT2D eigenvalue weighted by atomic mass is 16.1. The van der Waals surface area contributed by atoms with Gasteiger partial charge in [-0.25, -0.2) is 0 Å². The van der Waals surface area contributed by atoms with Crippen LogP contribution < -0.4 is 5.73 Å². The Hall–Kier alpha value is -2.17. The molecule has 0 aliphatic heterocycles. The van der Waals surface area contributed by atoms with Crippen LogP contribution in [-0.4, -0.2) is 20.7 Å². The molecule has 1 amide bonds. The molecule has 0 spiro atoms. The fourth-order valence-electron chi connectivity index (χ4n) is 1.26. The van der Waals surface area contributed by atoms with Crippen LogP contribution in [0.25, 0.3) is 11.3 Å². The molecule has 0 saturated heterocycles. The topological polar surface area (TPSA) is 73.8 Å². The molecule has 5 heteroatoms. The van der Waals surface area contributed by atoms with Crippen LogP contribution in [0.1, 0.15) is 10.4 Å². The number of amides is 1. The smallest absolute Gasteiger partial charge is 0.250 e. The lowest BCUT2D eigenvalue weighted by Crippen LogP contribution is -2.10. The van der Waals surface area contributed by atoms with Gasteiger partial charge >= 0.3 is 0 Å². The number of nitrogens with zero attached hydrogens (tertiary/aromatic N) is 3. The predicted octanol–water partition coefficient (Wildman–Crippen LogP) is 0.581. The Morgan fingerprint density at radius 3 is 2.67 bits per heavy atom. The minimum atomic E-state index is -0.472. The Kier molecular flexibility index (Phi) is 2.21. The average molecular weight is 202 g/mol. The Bertz CT molecular complexity index is 486. The molecule has 76 valence electrons. The van der Waals surface area contributed by atoms with Crippen molar-refractivity contribution >= 4 is 5.91 Å². The lowest BCUT2D eigenvalue weighted by molar-refractivity contribution is 0.1000. The van der Waals surface area contributed by atoms with Gasteiger partial charge in [-0.3, -0.25) is 14.5 Å². The summed E-state index contributed by atoms with van der Waals surface area (Å²) in [7, 11) is 1.83. The average Bonchev–Trinajstić information content (AvgIpc) is 2.65. The van der Waals surface area contributed by atoms with Gasteiger partial charge in [0.1, 0.15) is 0 Å². The van der Waals surface area contributed by atoms with Gasteiger partial charge in [-0.05, 0) is 12.1 Å². The van der Waals surface area contributed by atoms with Crippen LogP contribution in [-0.2, 0) is 7.05 Å². The second kappa shape index (κ2) is 3.53. The number of pyridine rings is 1. The zero-order chi connectivity index (χ0) is 10.8. The number of primary amides is 1. The molecule has 0 saturated carbocycles. The molecule has 0 unspecified atom stereocenters. The number of rotatable bonds is 2. The van der Waals surface area contributed by atoms with Crippen LogP contribution in [0.3, 0.4) is 0 Å². The number of aryl methyl sites for hydroxylation is 1. The number of carbonyl (C=O) groups excluding carboxylic acids is 1. The van der Waals surface area contributed by atoms with Crippen molar-refractivity contribution in [1.82, 2.24) is 14.8 Å². The molecule has 2 aromatic heterocycles. The minimum Gasteiger partial charge on any atom is -0.366 e. The molecule has 0 aromatic carbocycles. The maximum atomic E-state index is 10.8. The van der Waals surface area contributed by atoms with Gasteiger partial charge in [0, 0.05) is 25.0 Å². The van der Waals surface area contributed by atoms with Crippen LogP contribution >= 0.6 is 0 Å². The van der Waals surface area contributed by atoms with E-state index in [2.05, 4.69) is 10.1 Å². The minimum absolute atomic E-state index is 0.405. The SMILES string of the molecule is Cn1cc(-c2ccc(C(N)=O)cn2)cn1. The number of nitrogens with two attached hydrogens (primary N) is 1. The fourth-order valence-corrected chi connectivity index (χ4v) is 1.26. The van der Waals surface area contributed by atoms with Crippen molar-refractivity contribution in [3.05, 3.63) is 36.3 Å². The maximum Gasteiger partial charge on any atom is 0.250 e. The number of carbonyl (C=O) groups is 1. The summed E-state index contributed by atoms with van der Waals surface area (Å²) >= 11 is 0. The lowest BCUT2D eigenvalue weighted by atomic mass is 10.2. The third-order valence-electron chi connectivity index (χ3n) is 2.05. The van der Waals surface area contributed by atoms with E-state index in [4.69, 9.17) is 5.73 Å². The summed E-state index contributed by atoms with van der Waals surface area (Å²) < 4.78 is 1.69. The van der Waals surface area contributed by atoms with Crippen molar-refractivity contribution in [1.29, 1.82) is 0 Å². The van der Waals surface area contributed by atoms with Gasteiger partial charge < -0.3 is 5.73 Å². The first-order valence-corrected chi connectivity index (χ1v) is 4.41. The largest absolute Gasteiger partial charge is 0.366 e. The van der Waals surface area contributed by atoms with E-state index in [0.29, 0.717) is 5.56 Å². The molecule has 0 radical (unpaired) electrons. The summed E-state index contributed by atoms with van der Waals surface area (Å²) in [5.74, 6) is -0.472. The van der Waals surface area contributed by atoms with Gasteiger partial charge in [0.25, 0.3) is 0 Å². The standard InChI is InChI=1S/C10H10N4O/c1-14-6-8(5-13-14)9-3-2-7(4-12-9)10(11)15/h2-6H,1H3,(H2,11,15). The molecule has 2 aromatic rings. The van der Waals surface area contributed by atoms with Crippen molar-refractivity contribution < 1.29 is 4.79 Å². The Balaban J connectivity index is 2.35. The second-order valence-electron chi connectivity index (χ2n) is 3.20. The van der Waals surface area contributed by atoms with E-state index in [1.165, 1.54) is 6.20 Å².